The number of oxime groups is 1. The molecule has 5 nitrogen and oxygen atoms in total. The maximum absolute atomic E-state index is 12.4. The summed E-state index contributed by atoms with van der Waals surface area (Å²) < 4.78 is 0. The molecular formula is C16H19N3O2. The van der Waals surface area contributed by atoms with E-state index in [1.54, 1.807) is 4.90 Å². The van der Waals surface area contributed by atoms with Crippen molar-refractivity contribution >= 4 is 22.5 Å². The minimum Gasteiger partial charge on any atom is -0.409 e. The van der Waals surface area contributed by atoms with E-state index in [1.165, 1.54) is 0 Å². The van der Waals surface area contributed by atoms with Crippen LogP contribution < -0.4 is 5.73 Å². The number of rotatable bonds is 5. The zero-order valence-corrected chi connectivity index (χ0v) is 12.0. The fourth-order valence-electron chi connectivity index (χ4n) is 2.32. The number of amidine groups is 1. The van der Waals surface area contributed by atoms with Gasteiger partial charge in [-0.15, -0.1) is 0 Å². The molecule has 1 amide bonds. The molecule has 2 rings (SSSR count). The van der Waals surface area contributed by atoms with Crippen LogP contribution in [0, 0.1) is 0 Å². The average Bonchev–Trinajstić information content (AvgIpc) is 2.52. The second-order valence-electron chi connectivity index (χ2n) is 4.81. The van der Waals surface area contributed by atoms with Gasteiger partial charge in [0.25, 0.3) is 0 Å². The molecule has 3 N–H and O–H groups in total. The van der Waals surface area contributed by atoms with Crippen molar-refractivity contribution in [3.8, 4) is 0 Å². The predicted molar refractivity (Wildman–Crippen MR) is 83.3 cm³/mol. The van der Waals surface area contributed by atoms with Crippen molar-refractivity contribution in [3.05, 3.63) is 48.0 Å². The number of carbonyl (C=O) groups excluding carboxylic acids is 1. The van der Waals surface area contributed by atoms with Crippen molar-refractivity contribution in [2.45, 2.75) is 13.3 Å². The summed E-state index contributed by atoms with van der Waals surface area (Å²) in [5, 5.41) is 13.7. The van der Waals surface area contributed by atoms with Crippen molar-refractivity contribution in [1.82, 2.24) is 4.90 Å². The van der Waals surface area contributed by atoms with Gasteiger partial charge in [-0.1, -0.05) is 47.6 Å². The third kappa shape index (κ3) is 3.51. The summed E-state index contributed by atoms with van der Waals surface area (Å²) >= 11 is 0. The van der Waals surface area contributed by atoms with E-state index in [1.807, 2.05) is 49.4 Å². The van der Waals surface area contributed by atoms with Crippen LogP contribution in [0.5, 0.6) is 0 Å². The minimum absolute atomic E-state index is 0.0307. The van der Waals surface area contributed by atoms with Crippen molar-refractivity contribution in [2.24, 2.45) is 10.9 Å². The van der Waals surface area contributed by atoms with Crippen molar-refractivity contribution in [1.29, 1.82) is 0 Å². The van der Waals surface area contributed by atoms with Crippen molar-refractivity contribution in [2.75, 3.05) is 13.1 Å². The molecule has 0 heterocycles. The number of hydrogen-bond donors (Lipinski definition) is 2. The van der Waals surface area contributed by atoms with Crippen molar-refractivity contribution in [3.63, 3.8) is 0 Å². The van der Waals surface area contributed by atoms with Crippen LogP contribution >= 0.6 is 0 Å². The Kier molecular flexibility index (Phi) is 4.77. The van der Waals surface area contributed by atoms with Gasteiger partial charge in [0.15, 0.2) is 5.84 Å². The number of hydrogen-bond acceptors (Lipinski definition) is 3. The van der Waals surface area contributed by atoms with E-state index < -0.39 is 0 Å². The van der Waals surface area contributed by atoms with Crippen LogP contribution in [-0.2, 0) is 11.2 Å². The van der Waals surface area contributed by atoms with Crippen molar-refractivity contribution < 1.29 is 10.0 Å². The van der Waals surface area contributed by atoms with Gasteiger partial charge in [0.2, 0.25) is 5.91 Å². The van der Waals surface area contributed by atoms with Crippen LogP contribution in [-0.4, -0.2) is 34.9 Å². The van der Waals surface area contributed by atoms with Gasteiger partial charge in [-0.05, 0) is 23.3 Å². The molecular weight excluding hydrogens is 266 g/mol. The van der Waals surface area contributed by atoms with E-state index in [4.69, 9.17) is 10.9 Å². The summed E-state index contributed by atoms with van der Waals surface area (Å²) in [5.74, 6) is -0.0106. The Morgan fingerprint density at radius 2 is 1.95 bits per heavy atom. The molecule has 5 heteroatoms. The lowest BCUT2D eigenvalue weighted by Crippen LogP contribution is -2.39. The highest BCUT2D eigenvalue weighted by molar-refractivity contribution is 5.92. The van der Waals surface area contributed by atoms with E-state index in [9.17, 15) is 4.79 Å². The molecule has 0 aliphatic carbocycles. The van der Waals surface area contributed by atoms with Crippen LogP contribution in [0.3, 0.4) is 0 Å². The van der Waals surface area contributed by atoms with Gasteiger partial charge in [-0.25, -0.2) is 0 Å². The first-order valence-corrected chi connectivity index (χ1v) is 6.86. The fourth-order valence-corrected chi connectivity index (χ4v) is 2.32. The third-order valence-electron chi connectivity index (χ3n) is 3.44. The second-order valence-corrected chi connectivity index (χ2v) is 4.81. The normalized spacial score (nSPS) is 11.6. The van der Waals surface area contributed by atoms with E-state index in [0.717, 1.165) is 16.3 Å². The van der Waals surface area contributed by atoms with E-state index in [2.05, 4.69) is 5.16 Å². The second kappa shape index (κ2) is 6.74. The molecule has 2 aromatic rings. The number of fused-ring (bicyclic) bond motifs is 1. The summed E-state index contributed by atoms with van der Waals surface area (Å²) in [4.78, 5) is 13.9. The smallest absolute Gasteiger partial charge is 0.227 e. The monoisotopic (exact) mass is 285 g/mol. The molecule has 0 spiro atoms. The molecule has 0 saturated carbocycles. The predicted octanol–water partition coefficient (Wildman–Crippen LogP) is 1.98. The molecule has 110 valence electrons. The fraction of sp³-hybridized carbons (Fsp3) is 0.250. The van der Waals surface area contributed by atoms with E-state index in [0.29, 0.717) is 13.0 Å². The summed E-state index contributed by atoms with van der Waals surface area (Å²) in [6, 6.07) is 13.9. The Labute approximate surface area is 123 Å². The van der Waals surface area contributed by atoms with Crippen LogP contribution in [0.15, 0.2) is 47.6 Å². The molecule has 0 aliphatic heterocycles. The molecule has 0 atom stereocenters. The molecule has 21 heavy (non-hydrogen) atoms. The standard InChI is InChI=1S/C16H19N3O2/c1-2-19(11-15(17)18-21)16(20)10-13-8-5-7-12-6-3-4-9-14(12)13/h3-9,21H,2,10-11H2,1H3,(H2,17,18). The third-order valence-corrected chi connectivity index (χ3v) is 3.44. The highest BCUT2D eigenvalue weighted by Crippen LogP contribution is 2.19. The van der Waals surface area contributed by atoms with E-state index in [-0.39, 0.29) is 18.3 Å². The molecule has 0 unspecified atom stereocenters. The Hall–Kier alpha value is -2.56. The Bertz CT molecular complexity index is 662. The zero-order valence-electron chi connectivity index (χ0n) is 12.0. The van der Waals surface area contributed by atoms with Crippen LogP contribution in [0.25, 0.3) is 10.8 Å². The largest absolute Gasteiger partial charge is 0.409 e. The lowest BCUT2D eigenvalue weighted by molar-refractivity contribution is -0.129. The molecule has 0 aromatic heterocycles. The van der Waals surface area contributed by atoms with Gasteiger partial charge >= 0.3 is 0 Å². The van der Waals surface area contributed by atoms with Gasteiger partial charge in [0, 0.05) is 6.54 Å². The Morgan fingerprint density at radius 1 is 1.24 bits per heavy atom. The topological polar surface area (TPSA) is 78.9 Å². The summed E-state index contributed by atoms with van der Waals surface area (Å²) in [7, 11) is 0. The van der Waals surface area contributed by atoms with Crippen LogP contribution in [0.4, 0.5) is 0 Å². The lowest BCUT2D eigenvalue weighted by atomic mass is 10.0. The number of benzene rings is 2. The SMILES string of the molecule is CCN(CC(N)=NO)C(=O)Cc1cccc2ccccc12. The number of nitrogens with zero attached hydrogens (tertiary/aromatic N) is 2. The lowest BCUT2D eigenvalue weighted by Gasteiger charge is -2.20. The van der Waals surface area contributed by atoms with Gasteiger partial charge in [-0.2, -0.15) is 0 Å². The molecule has 0 aliphatic rings. The maximum Gasteiger partial charge on any atom is 0.227 e. The summed E-state index contributed by atoms with van der Waals surface area (Å²) in [5.41, 5.74) is 6.46. The first-order chi connectivity index (χ1) is 10.2. The minimum atomic E-state index is -0.0412. The number of nitrogens with two attached hydrogens (primary N) is 1. The highest BCUT2D eigenvalue weighted by Gasteiger charge is 2.15. The molecule has 0 radical (unpaired) electrons. The van der Waals surface area contributed by atoms with Gasteiger partial charge in [0.05, 0.1) is 13.0 Å². The molecule has 0 saturated heterocycles. The molecule has 0 fully saturated rings. The number of carbonyl (C=O) groups is 1. The summed E-state index contributed by atoms with van der Waals surface area (Å²) in [6.45, 7) is 2.52. The highest BCUT2D eigenvalue weighted by atomic mass is 16.4. The van der Waals surface area contributed by atoms with Gasteiger partial charge in [0.1, 0.15) is 0 Å². The Balaban J connectivity index is 2.21. The van der Waals surface area contributed by atoms with Crippen LogP contribution in [0.2, 0.25) is 0 Å². The number of likely N-dealkylation sites (N-methyl/N-ethyl adjacent to an activating group) is 1. The number of amides is 1. The average molecular weight is 285 g/mol. The van der Waals surface area contributed by atoms with Gasteiger partial charge in [-0.3, -0.25) is 4.79 Å². The van der Waals surface area contributed by atoms with Crippen LogP contribution in [0.1, 0.15) is 12.5 Å². The van der Waals surface area contributed by atoms with Gasteiger partial charge < -0.3 is 15.8 Å². The summed E-state index contributed by atoms with van der Waals surface area (Å²) in [6.07, 6.45) is 0.300. The molecule has 0 bridgehead atoms. The zero-order chi connectivity index (χ0) is 15.2. The maximum atomic E-state index is 12.4. The van der Waals surface area contributed by atoms with E-state index >= 15 is 0 Å². The first-order valence-electron chi connectivity index (χ1n) is 6.86. The Morgan fingerprint density at radius 3 is 2.67 bits per heavy atom. The first kappa shape index (κ1) is 14.8. The quantitative estimate of drug-likeness (QED) is 0.381. The molecule has 2 aromatic carbocycles.